The summed E-state index contributed by atoms with van der Waals surface area (Å²) in [4.78, 5) is 39.6. The van der Waals surface area contributed by atoms with Gasteiger partial charge >= 0.3 is 0 Å². The molecule has 9 heteroatoms. The summed E-state index contributed by atoms with van der Waals surface area (Å²) in [5.41, 5.74) is 0.751. The topological polar surface area (TPSA) is 84.9 Å². The van der Waals surface area contributed by atoms with Crippen LogP contribution < -0.4 is 14.8 Å². The number of nitrogens with zero attached hydrogens (tertiary/aromatic N) is 1. The zero-order chi connectivity index (χ0) is 22.3. The Kier molecular flexibility index (Phi) is 7.39. The SMILES string of the molecule is O=C(CCCSc1ccccc1)NCCN1C(=O)S/C(=C\c2ccc3c(c2)OCO3)C1=O. The molecule has 0 atom stereocenters. The number of rotatable bonds is 9. The zero-order valence-corrected chi connectivity index (χ0v) is 18.9. The minimum absolute atomic E-state index is 0.0819. The van der Waals surface area contributed by atoms with Crippen molar-refractivity contribution in [2.24, 2.45) is 0 Å². The van der Waals surface area contributed by atoms with Gasteiger partial charge in [0.1, 0.15) is 0 Å². The first-order chi connectivity index (χ1) is 15.6. The van der Waals surface area contributed by atoms with E-state index in [2.05, 4.69) is 5.32 Å². The van der Waals surface area contributed by atoms with Gasteiger partial charge in [-0.05, 0) is 59.8 Å². The van der Waals surface area contributed by atoms with Crippen LogP contribution in [0, 0.1) is 0 Å². The van der Waals surface area contributed by atoms with Gasteiger partial charge in [0.25, 0.3) is 11.1 Å². The molecule has 2 aromatic rings. The predicted octanol–water partition coefficient (Wildman–Crippen LogP) is 4.14. The van der Waals surface area contributed by atoms with E-state index in [0.717, 1.165) is 34.4 Å². The van der Waals surface area contributed by atoms with Gasteiger partial charge in [-0.3, -0.25) is 19.3 Å². The van der Waals surface area contributed by atoms with E-state index in [1.54, 1.807) is 36.0 Å². The van der Waals surface area contributed by atoms with Crippen molar-refractivity contribution >= 4 is 46.7 Å². The summed E-state index contributed by atoms with van der Waals surface area (Å²) in [6.07, 6.45) is 2.83. The first-order valence-electron chi connectivity index (χ1n) is 10.2. The molecule has 1 fully saturated rings. The van der Waals surface area contributed by atoms with Gasteiger partial charge in [-0.2, -0.15) is 0 Å². The maximum Gasteiger partial charge on any atom is 0.293 e. The second-order valence-electron chi connectivity index (χ2n) is 7.06. The minimum Gasteiger partial charge on any atom is -0.454 e. The lowest BCUT2D eigenvalue weighted by molar-refractivity contribution is -0.124. The summed E-state index contributed by atoms with van der Waals surface area (Å²) in [6, 6.07) is 15.4. The van der Waals surface area contributed by atoms with E-state index in [-0.39, 0.29) is 36.9 Å². The molecule has 0 saturated carbocycles. The van der Waals surface area contributed by atoms with Gasteiger partial charge in [0.2, 0.25) is 12.7 Å². The van der Waals surface area contributed by atoms with E-state index in [9.17, 15) is 14.4 Å². The molecule has 0 unspecified atom stereocenters. The standard InChI is InChI=1S/C23H22N2O5S2/c26-21(7-4-12-31-17-5-2-1-3-6-17)24-10-11-25-22(27)20(32-23(25)28)14-16-8-9-18-19(13-16)30-15-29-18/h1-3,5-6,8-9,13-14H,4,7,10-12,15H2,(H,24,26)/b20-14-. The Balaban J connectivity index is 1.20. The number of ether oxygens (including phenoxy) is 2. The first kappa shape index (κ1) is 22.3. The lowest BCUT2D eigenvalue weighted by Crippen LogP contribution is -2.37. The molecule has 0 spiro atoms. The average molecular weight is 471 g/mol. The molecular weight excluding hydrogens is 448 g/mol. The third kappa shape index (κ3) is 5.66. The highest BCUT2D eigenvalue weighted by atomic mass is 32.2. The zero-order valence-electron chi connectivity index (χ0n) is 17.2. The van der Waals surface area contributed by atoms with Gasteiger partial charge in [0, 0.05) is 24.4 Å². The highest BCUT2D eigenvalue weighted by molar-refractivity contribution is 8.18. The summed E-state index contributed by atoms with van der Waals surface area (Å²) in [6.45, 7) is 0.556. The maximum atomic E-state index is 12.6. The summed E-state index contributed by atoms with van der Waals surface area (Å²) in [7, 11) is 0. The van der Waals surface area contributed by atoms with Gasteiger partial charge in [0.15, 0.2) is 11.5 Å². The number of hydrogen-bond donors (Lipinski definition) is 1. The molecule has 32 heavy (non-hydrogen) atoms. The van der Waals surface area contributed by atoms with E-state index in [4.69, 9.17) is 9.47 Å². The third-order valence-electron chi connectivity index (χ3n) is 4.79. The van der Waals surface area contributed by atoms with Gasteiger partial charge in [-0.1, -0.05) is 24.3 Å². The molecule has 2 aromatic carbocycles. The highest BCUT2D eigenvalue weighted by Gasteiger charge is 2.34. The lowest BCUT2D eigenvalue weighted by atomic mass is 10.2. The molecule has 2 aliphatic rings. The first-order valence-corrected chi connectivity index (χ1v) is 12.0. The lowest BCUT2D eigenvalue weighted by Gasteiger charge is -2.13. The molecule has 2 aliphatic heterocycles. The summed E-state index contributed by atoms with van der Waals surface area (Å²) in [5, 5.41) is 2.45. The average Bonchev–Trinajstić information content (AvgIpc) is 3.37. The molecule has 1 N–H and O–H groups in total. The molecule has 166 valence electrons. The van der Waals surface area contributed by atoms with E-state index in [1.807, 2.05) is 30.3 Å². The molecule has 4 rings (SSSR count). The Morgan fingerprint density at radius 3 is 2.78 bits per heavy atom. The van der Waals surface area contributed by atoms with Crippen molar-refractivity contribution in [3.8, 4) is 11.5 Å². The van der Waals surface area contributed by atoms with Crippen molar-refractivity contribution in [2.75, 3.05) is 25.6 Å². The van der Waals surface area contributed by atoms with Gasteiger partial charge in [0.05, 0.1) is 4.91 Å². The van der Waals surface area contributed by atoms with Crippen molar-refractivity contribution in [2.45, 2.75) is 17.7 Å². The van der Waals surface area contributed by atoms with Crippen LogP contribution in [0.1, 0.15) is 18.4 Å². The Labute approximate surface area is 194 Å². The molecule has 0 aromatic heterocycles. The molecule has 2 heterocycles. The van der Waals surface area contributed by atoms with E-state index in [0.29, 0.717) is 22.8 Å². The van der Waals surface area contributed by atoms with E-state index < -0.39 is 0 Å². The second-order valence-corrected chi connectivity index (χ2v) is 9.22. The third-order valence-corrected chi connectivity index (χ3v) is 6.79. The van der Waals surface area contributed by atoms with Crippen molar-refractivity contribution in [1.29, 1.82) is 0 Å². The smallest absolute Gasteiger partial charge is 0.293 e. The molecule has 3 amide bonds. The molecule has 0 aliphatic carbocycles. The van der Waals surface area contributed by atoms with Crippen molar-refractivity contribution < 1.29 is 23.9 Å². The van der Waals surface area contributed by atoms with Crippen molar-refractivity contribution in [3.05, 3.63) is 59.0 Å². The Bertz CT molecular complexity index is 1040. The molecule has 0 bridgehead atoms. The Morgan fingerprint density at radius 2 is 1.94 bits per heavy atom. The normalized spacial score (nSPS) is 16.1. The van der Waals surface area contributed by atoms with Gasteiger partial charge in [-0.15, -0.1) is 11.8 Å². The van der Waals surface area contributed by atoms with E-state index >= 15 is 0 Å². The minimum atomic E-state index is -0.355. The highest BCUT2D eigenvalue weighted by Crippen LogP contribution is 2.36. The summed E-state index contributed by atoms with van der Waals surface area (Å²) >= 11 is 2.61. The van der Waals surface area contributed by atoms with Gasteiger partial charge in [-0.25, -0.2) is 0 Å². The quantitative estimate of drug-likeness (QED) is 0.335. The van der Waals surface area contributed by atoms with E-state index in [1.165, 1.54) is 4.90 Å². The molecule has 7 nitrogen and oxygen atoms in total. The van der Waals surface area contributed by atoms with Crippen LogP contribution in [0.3, 0.4) is 0 Å². The molecule has 0 radical (unpaired) electrons. The number of fused-ring (bicyclic) bond motifs is 1. The van der Waals surface area contributed by atoms with Crippen molar-refractivity contribution in [3.63, 3.8) is 0 Å². The number of hydrogen-bond acceptors (Lipinski definition) is 7. The van der Waals surface area contributed by atoms with Crippen molar-refractivity contribution in [1.82, 2.24) is 10.2 Å². The van der Waals surface area contributed by atoms with Crippen LogP contribution in [0.15, 0.2) is 58.3 Å². The predicted molar refractivity (Wildman–Crippen MR) is 125 cm³/mol. The van der Waals surface area contributed by atoms with Crippen LogP contribution in [0.5, 0.6) is 11.5 Å². The number of benzene rings is 2. The molecular formula is C23H22N2O5S2. The van der Waals surface area contributed by atoms with Crippen LogP contribution in [0.25, 0.3) is 6.08 Å². The maximum absolute atomic E-state index is 12.6. The number of nitrogens with one attached hydrogen (secondary N) is 1. The fourth-order valence-electron chi connectivity index (χ4n) is 3.18. The Hall–Kier alpha value is -2.91. The summed E-state index contributed by atoms with van der Waals surface area (Å²) < 4.78 is 10.6. The largest absolute Gasteiger partial charge is 0.454 e. The van der Waals surface area contributed by atoms with Gasteiger partial charge < -0.3 is 14.8 Å². The Morgan fingerprint density at radius 1 is 1.12 bits per heavy atom. The second kappa shape index (κ2) is 10.6. The van der Waals surface area contributed by atoms with Crippen LogP contribution >= 0.6 is 23.5 Å². The van der Waals surface area contributed by atoms with Crippen LogP contribution in [-0.4, -0.2) is 47.6 Å². The fraction of sp³-hybridized carbons (Fsp3) is 0.261. The number of thioether (sulfide) groups is 2. The number of imide groups is 1. The molecule has 1 saturated heterocycles. The summed E-state index contributed by atoms with van der Waals surface area (Å²) in [5.74, 6) is 1.69. The monoisotopic (exact) mass is 470 g/mol. The number of amides is 3. The van der Waals surface area contributed by atoms with Crippen LogP contribution in [-0.2, 0) is 9.59 Å². The van der Waals surface area contributed by atoms with Crippen LogP contribution in [0.4, 0.5) is 4.79 Å². The number of carbonyl (C=O) groups excluding carboxylic acids is 3. The fourth-order valence-corrected chi connectivity index (χ4v) is 4.92. The van der Waals surface area contributed by atoms with Crippen LogP contribution in [0.2, 0.25) is 0 Å². The number of carbonyl (C=O) groups is 3.